The number of nitrogens with one attached hydrogen (secondary N) is 1. The third-order valence-corrected chi connectivity index (χ3v) is 5.79. The molecule has 0 fully saturated rings. The molecule has 0 radical (unpaired) electrons. The predicted molar refractivity (Wildman–Crippen MR) is 135 cm³/mol. The van der Waals surface area contributed by atoms with Crippen LogP contribution in [0.2, 0.25) is 0 Å². The molecule has 1 heterocycles. The molecule has 0 atom stereocenters. The molecule has 10 heteroatoms. The third-order valence-electron chi connectivity index (χ3n) is 5.79. The van der Waals surface area contributed by atoms with Gasteiger partial charge in [-0.05, 0) is 62.4 Å². The summed E-state index contributed by atoms with van der Waals surface area (Å²) in [4.78, 5) is 31.9. The first-order valence-corrected chi connectivity index (χ1v) is 11.7. The number of carbonyl (C=O) groups is 2. The van der Waals surface area contributed by atoms with Crippen LogP contribution in [0.4, 0.5) is 23.5 Å². The van der Waals surface area contributed by atoms with E-state index in [1.54, 1.807) is 20.0 Å². The van der Waals surface area contributed by atoms with Crippen LogP contribution >= 0.6 is 0 Å². The summed E-state index contributed by atoms with van der Waals surface area (Å²) in [6.07, 6.45) is -2.88. The lowest BCUT2D eigenvalue weighted by molar-refractivity contribution is -0.137. The fourth-order valence-electron chi connectivity index (χ4n) is 3.79. The molecule has 0 unspecified atom stereocenters. The maximum atomic E-state index is 13.3. The molecule has 0 spiro atoms. The van der Waals surface area contributed by atoms with Gasteiger partial charge in [0.1, 0.15) is 12.4 Å². The molecule has 0 aliphatic carbocycles. The number of benzene rings is 3. The minimum absolute atomic E-state index is 0.0755. The van der Waals surface area contributed by atoms with Crippen molar-refractivity contribution in [3.63, 3.8) is 0 Å². The van der Waals surface area contributed by atoms with Gasteiger partial charge >= 0.3 is 6.18 Å². The average Bonchev–Trinajstić information content (AvgIpc) is 3.31. The normalized spacial score (nSPS) is 11.4. The van der Waals surface area contributed by atoms with Crippen molar-refractivity contribution >= 4 is 17.8 Å². The quantitative estimate of drug-likeness (QED) is 0.293. The zero-order chi connectivity index (χ0) is 27.4. The van der Waals surface area contributed by atoms with E-state index >= 15 is 0 Å². The average molecular weight is 525 g/mol. The Morgan fingerprint density at radius 3 is 2.16 bits per heavy atom. The van der Waals surface area contributed by atoms with E-state index in [1.807, 2.05) is 30.3 Å². The minimum atomic E-state index is -4.49. The van der Waals surface area contributed by atoms with Crippen LogP contribution in [0, 0.1) is 5.82 Å². The smallest absolute Gasteiger partial charge is 0.327 e. The number of amides is 2. The van der Waals surface area contributed by atoms with E-state index in [4.69, 9.17) is 0 Å². The molecule has 196 valence electrons. The Balaban J connectivity index is 1.62. The number of rotatable bonds is 7. The zero-order valence-corrected chi connectivity index (χ0v) is 20.5. The van der Waals surface area contributed by atoms with Gasteiger partial charge in [0.2, 0.25) is 11.9 Å². The first-order valence-electron chi connectivity index (χ1n) is 11.7. The molecule has 38 heavy (non-hydrogen) atoms. The summed E-state index contributed by atoms with van der Waals surface area (Å²) in [7, 11) is 0. The van der Waals surface area contributed by atoms with Crippen LogP contribution in [0.5, 0.6) is 0 Å². The van der Waals surface area contributed by atoms with Gasteiger partial charge in [0, 0.05) is 29.1 Å². The van der Waals surface area contributed by atoms with Gasteiger partial charge in [-0.3, -0.25) is 19.5 Å². The number of carbonyl (C=O) groups excluding carboxylic acids is 2. The summed E-state index contributed by atoms with van der Waals surface area (Å²) in [6.45, 7) is 3.16. The Hall–Kier alpha value is -4.47. The summed E-state index contributed by atoms with van der Waals surface area (Å²) < 4.78 is 54.0. The van der Waals surface area contributed by atoms with E-state index in [0.29, 0.717) is 11.4 Å². The second kappa shape index (κ2) is 10.9. The molecule has 6 nitrogen and oxygen atoms in total. The Morgan fingerprint density at radius 1 is 0.947 bits per heavy atom. The first kappa shape index (κ1) is 26.6. The van der Waals surface area contributed by atoms with Crippen LogP contribution in [-0.4, -0.2) is 38.9 Å². The Morgan fingerprint density at radius 2 is 1.58 bits per heavy atom. The lowest BCUT2D eigenvalue weighted by atomic mass is 10.1. The highest BCUT2D eigenvalue weighted by molar-refractivity contribution is 5.99. The van der Waals surface area contributed by atoms with E-state index in [-0.39, 0.29) is 24.1 Å². The highest BCUT2D eigenvalue weighted by Crippen LogP contribution is 2.31. The molecule has 4 rings (SSSR count). The molecule has 1 aromatic heterocycles. The fraction of sp³-hybridized carbons (Fsp3) is 0.179. The summed E-state index contributed by atoms with van der Waals surface area (Å²) in [5.41, 5.74) is 1.01. The first-order chi connectivity index (χ1) is 18.0. The number of nitrogens with zero attached hydrogens (tertiary/aromatic N) is 3. The van der Waals surface area contributed by atoms with Gasteiger partial charge in [0.25, 0.3) is 5.91 Å². The molecule has 0 bridgehead atoms. The van der Waals surface area contributed by atoms with Crippen molar-refractivity contribution in [1.82, 2.24) is 14.5 Å². The lowest BCUT2D eigenvalue weighted by Gasteiger charge is -2.26. The van der Waals surface area contributed by atoms with Crippen LogP contribution in [0.3, 0.4) is 0 Å². The molecule has 0 aliphatic rings. The number of aromatic nitrogens is 2. The molecule has 4 aromatic rings. The van der Waals surface area contributed by atoms with Crippen LogP contribution < -0.4 is 5.32 Å². The Bertz CT molecular complexity index is 1410. The van der Waals surface area contributed by atoms with Crippen molar-refractivity contribution in [3.05, 3.63) is 102 Å². The molecule has 0 saturated carbocycles. The number of hydrogen-bond donors (Lipinski definition) is 1. The Kier molecular flexibility index (Phi) is 7.61. The molecule has 0 aliphatic heterocycles. The van der Waals surface area contributed by atoms with Gasteiger partial charge in [-0.2, -0.15) is 13.2 Å². The van der Waals surface area contributed by atoms with Gasteiger partial charge in [0.05, 0.1) is 11.3 Å². The Labute approximate surface area is 216 Å². The van der Waals surface area contributed by atoms with Crippen molar-refractivity contribution in [1.29, 1.82) is 0 Å². The minimum Gasteiger partial charge on any atom is -0.327 e. The van der Waals surface area contributed by atoms with Gasteiger partial charge < -0.3 is 4.90 Å². The van der Waals surface area contributed by atoms with Crippen molar-refractivity contribution in [3.8, 4) is 16.9 Å². The van der Waals surface area contributed by atoms with Gasteiger partial charge in [-0.25, -0.2) is 9.37 Å². The molecule has 0 saturated heterocycles. The predicted octanol–water partition coefficient (Wildman–Crippen LogP) is 6.19. The van der Waals surface area contributed by atoms with Crippen molar-refractivity contribution in [2.45, 2.75) is 26.1 Å². The molecule has 3 aromatic carbocycles. The topological polar surface area (TPSA) is 67.2 Å². The third kappa shape index (κ3) is 6.08. The molecule has 1 N–H and O–H groups in total. The van der Waals surface area contributed by atoms with Crippen LogP contribution in [-0.2, 0) is 11.0 Å². The fourth-order valence-corrected chi connectivity index (χ4v) is 3.79. The maximum Gasteiger partial charge on any atom is 0.416 e. The van der Waals surface area contributed by atoms with Gasteiger partial charge in [0.15, 0.2) is 0 Å². The largest absolute Gasteiger partial charge is 0.416 e. The highest BCUT2D eigenvalue weighted by atomic mass is 19.4. The van der Waals surface area contributed by atoms with E-state index in [1.165, 1.54) is 33.7 Å². The second-order valence-corrected chi connectivity index (χ2v) is 8.81. The summed E-state index contributed by atoms with van der Waals surface area (Å²) in [5.74, 6) is -1.43. The number of halogens is 4. The standard InChI is InChI=1S/C28H24F4N4O2/c1-18(2)35(26(38)20-8-12-22(29)13-9-20)17-25(37)34-27-33-24(19-6-4-3-5-7-19)16-36(27)23-14-10-21(11-15-23)28(30,31)32/h3-16,18H,17H2,1-2H3,(H,33,34,37). The number of hydrogen-bond acceptors (Lipinski definition) is 3. The van der Waals surface area contributed by atoms with Crippen LogP contribution in [0.25, 0.3) is 16.9 Å². The summed E-state index contributed by atoms with van der Waals surface area (Å²) in [6, 6.07) is 18.2. The molecule has 2 amide bonds. The molecular formula is C28H24F4N4O2. The van der Waals surface area contributed by atoms with E-state index < -0.39 is 29.4 Å². The van der Waals surface area contributed by atoms with Crippen LogP contribution in [0.1, 0.15) is 29.8 Å². The monoisotopic (exact) mass is 524 g/mol. The highest BCUT2D eigenvalue weighted by Gasteiger charge is 2.30. The van der Waals surface area contributed by atoms with Gasteiger partial charge in [-0.1, -0.05) is 30.3 Å². The van der Waals surface area contributed by atoms with Crippen molar-refractivity contribution < 1.29 is 27.2 Å². The van der Waals surface area contributed by atoms with E-state index in [0.717, 1.165) is 29.8 Å². The number of anilines is 1. The van der Waals surface area contributed by atoms with Gasteiger partial charge in [-0.15, -0.1) is 0 Å². The summed E-state index contributed by atoms with van der Waals surface area (Å²) in [5, 5.41) is 2.68. The summed E-state index contributed by atoms with van der Waals surface area (Å²) >= 11 is 0. The van der Waals surface area contributed by atoms with Crippen molar-refractivity contribution in [2.75, 3.05) is 11.9 Å². The van der Waals surface area contributed by atoms with E-state index in [2.05, 4.69) is 10.3 Å². The number of imidazole rings is 1. The van der Waals surface area contributed by atoms with E-state index in [9.17, 15) is 27.2 Å². The zero-order valence-electron chi connectivity index (χ0n) is 20.5. The second-order valence-electron chi connectivity index (χ2n) is 8.81. The number of alkyl halides is 3. The van der Waals surface area contributed by atoms with Crippen molar-refractivity contribution in [2.24, 2.45) is 0 Å². The maximum absolute atomic E-state index is 13.3. The van der Waals surface area contributed by atoms with Crippen LogP contribution in [0.15, 0.2) is 85.1 Å². The lowest BCUT2D eigenvalue weighted by Crippen LogP contribution is -2.42. The SMILES string of the molecule is CC(C)N(CC(=O)Nc1nc(-c2ccccc2)cn1-c1ccc(C(F)(F)F)cc1)C(=O)c1ccc(F)cc1. The molecular weight excluding hydrogens is 500 g/mol.